The molecule has 0 radical (unpaired) electrons. The summed E-state index contributed by atoms with van der Waals surface area (Å²) in [6, 6.07) is 16.2. The average Bonchev–Trinajstić information content (AvgIpc) is 2.88. The third kappa shape index (κ3) is 5.43. The number of nitrogens with one attached hydrogen (secondary N) is 2. The number of amides is 3. The number of benzene rings is 3. The summed E-state index contributed by atoms with van der Waals surface area (Å²) in [7, 11) is 0. The molecular formula is C30H35N3O3. The van der Waals surface area contributed by atoms with Gasteiger partial charge in [0.1, 0.15) is 0 Å². The number of hydrogen-bond acceptors (Lipinski definition) is 4. The van der Waals surface area contributed by atoms with E-state index in [0.717, 1.165) is 30.5 Å². The Labute approximate surface area is 213 Å². The predicted molar refractivity (Wildman–Crippen MR) is 147 cm³/mol. The van der Waals surface area contributed by atoms with E-state index in [1.54, 1.807) is 30.3 Å². The summed E-state index contributed by atoms with van der Waals surface area (Å²) in [5, 5.41) is 7.95. The van der Waals surface area contributed by atoms with Crippen LogP contribution in [0.5, 0.6) is 0 Å². The molecule has 1 heterocycles. The van der Waals surface area contributed by atoms with E-state index in [1.807, 2.05) is 31.2 Å². The van der Waals surface area contributed by atoms with E-state index in [4.69, 9.17) is 0 Å². The molecule has 6 heteroatoms. The Bertz CT molecular complexity index is 1230. The largest absolute Gasteiger partial charge is 0.385 e. The zero-order valence-corrected chi connectivity index (χ0v) is 21.2. The van der Waals surface area contributed by atoms with Crippen molar-refractivity contribution < 1.29 is 14.4 Å². The number of nitrogens with zero attached hydrogens (tertiary/aromatic N) is 1. The Balaban J connectivity index is 1.53. The van der Waals surface area contributed by atoms with Gasteiger partial charge in [-0.05, 0) is 55.3 Å². The van der Waals surface area contributed by atoms with E-state index in [2.05, 4.69) is 17.6 Å². The van der Waals surface area contributed by atoms with Crippen LogP contribution in [0.4, 0.5) is 17.1 Å². The second-order valence-corrected chi connectivity index (χ2v) is 9.37. The quantitative estimate of drug-likeness (QED) is 0.211. The van der Waals surface area contributed by atoms with Crippen LogP contribution in [0.15, 0.2) is 54.6 Å². The monoisotopic (exact) mass is 485 g/mol. The molecule has 0 aliphatic carbocycles. The molecule has 36 heavy (non-hydrogen) atoms. The molecule has 0 fully saturated rings. The Hall–Kier alpha value is -3.67. The van der Waals surface area contributed by atoms with Gasteiger partial charge in [0.05, 0.1) is 5.69 Å². The van der Waals surface area contributed by atoms with E-state index in [-0.39, 0.29) is 17.7 Å². The molecule has 0 unspecified atom stereocenters. The SMILES string of the molecule is CCCCCCCCNc1ccc2c3c(cccc13)C(=O)N(c1ccc(NC(=O)CCC)cc1)C2=O. The van der Waals surface area contributed by atoms with E-state index in [0.29, 0.717) is 34.3 Å². The summed E-state index contributed by atoms with van der Waals surface area (Å²) in [6.45, 7) is 5.03. The van der Waals surface area contributed by atoms with Gasteiger partial charge in [0.2, 0.25) is 5.91 Å². The fourth-order valence-corrected chi connectivity index (χ4v) is 4.76. The summed E-state index contributed by atoms with van der Waals surface area (Å²) in [6.07, 6.45) is 8.58. The first-order valence-corrected chi connectivity index (χ1v) is 13.1. The van der Waals surface area contributed by atoms with Gasteiger partial charge in [-0.1, -0.05) is 58.1 Å². The first kappa shape index (κ1) is 25.4. The number of hydrogen-bond donors (Lipinski definition) is 2. The molecule has 4 rings (SSSR count). The highest BCUT2D eigenvalue weighted by Gasteiger charge is 2.34. The van der Waals surface area contributed by atoms with Crippen molar-refractivity contribution in [1.29, 1.82) is 0 Å². The maximum Gasteiger partial charge on any atom is 0.265 e. The van der Waals surface area contributed by atoms with Crippen molar-refractivity contribution in [3.05, 3.63) is 65.7 Å². The Morgan fingerprint density at radius 2 is 1.47 bits per heavy atom. The minimum absolute atomic E-state index is 0.0584. The molecule has 0 saturated heterocycles. The topological polar surface area (TPSA) is 78.5 Å². The van der Waals surface area contributed by atoms with Gasteiger partial charge in [0, 0.05) is 46.2 Å². The van der Waals surface area contributed by atoms with E-state index < -0.39 is 0 Å². The van der Waals surface area contributed by atoms with Crippen LogP contribution in [0, 0.1) is 0 Å². The van der Waals surface area contributed by atoms with Crippen molar-refractivity contribution in [3.8, 4) is 0 Å². The second kappa shape index (κ2) is 11.8. The zero-order chi connectivity index (χ0) is 25.5. The smallest absolute Gasteiger partial charge is 0.265 e. The van der Waals surface area contributed by atoms with Crippen LogP contribution in [0.3, 0.4) is 0 Å². The molecule has 1 aliphatic rings. The zero-order valence-electron chi connectivity index (χ0n) is 21.2. The number of anilines is 3. The highest BCUT2D eigenvalue weighted by Crippen LogP contribution is 2.36. The maximum absolute atomic E-state index is 13.5. The van der Waals surface area contributed by atoms with Crippen molar-refractivity contribution in [2.75, 3.05) is 22.1 Å². The number of carbonyl (C=O) groups excluding carboxylic acids is 3. The van der Waals surface area contributed by atoms with Gasteiger partial charge in [0.15, 0.2) is 0 Å². The minimum atomic E-state index is -0.339. The molecule has 188 valence electrons. The molecule has 3 aromatic rings. The number of rotatable bonds is 12. The van der Waals surface area contributed by atoms with Crippen molar-refractivity contribution in [2.45, 2.75) is 65.2 Å². The van der Waals surface area contributed by atoms with E-state index in [1.165, 1.54) is 37.0 Å². The third-order valence-corrected chi connectivity index (χ3v) is 6.64. The van der Waals surface area contributed by atoms with Crippen LogP contribution in [0.1, 0.15) is 85.9 Å². The van der Waals surface area contributed by atoms with Gasteiger partial charge < -0.3 is 10.6 Å². The lowest BCUT2D eigenvalue weighted by Crippen LogP contribution is -2.40. The molecule has 0 saturated carbocycles. The number of unbranched alkanes of at least 4 members (excludes halogenated alkanes) is 5. The van der Waals surface area contributed by atoms with Gasteiger partial charge in [-0.3, -0.25) is 14.4 Å². The Morgan fingerprint density at radius 3 is 2.19 bits per heavy atom. The predicted octanol–water partition coefficient (Wildman–Crippen LogP) is 7.15. The molecule has 3 amide bonds. The van der Waals surface area contributed by atoms with E-state index in [9.17, 15) is 14.4 Å². The van der Waals surface area contributed by atoms with Gasteiger partial charge >= 0.3 is 0 Å². The van der Waals surface area contributed by atoms with Gasteiger partial charge in [-0.15, -0.1) is 0 Å². The molecule has 3 aromatic carbocycles. The average molecular weight is 486 g/mol. The summed E-state index contributed by atoms with van der Waals surface area (Å²) in [5.74, 6) is -0.736. The standard InChI is InChI=1S/C30H35N3O3/c1-3-5-6-7-8-9-20-31-26-19-18-25-28-23(26)12-10-13-24(28)29(35)33(30(25)36)22-16-14-21(15-17-22)32-27(34)11-4-2/h10,12-19,31H,3-9,11,20H2,1-2H3,(H,32,34). The molecule has 6 nitrogen and oxygen atoms in total. The Kier molecular flexibility index (Phi) is 8.36. The Morgan fingerprint density at radius 1 is 0.778 bits per heavy atom. The van der Waals surface area contributed by atoms with Crippen LogP contribution in [0.2, 0.25) is 0 Å². The molecular weight excluding hydrogens is 450 g/mol. The van der Waals surface area contributed by atoms with Crippen LogP contribution in [-0.2, 0) is 4.79 Å². The molecule has 2 N–H and O–H groups in total. The summed E-state index contributed by atoms with van der Waals surface area (Å²) in [4.78, 5) is 40.0. The molecule has 1 aliphatic heterocycles. The summed E-state index contributed by atoms with van der Waals surface area (Å²) < 4.78 is 0. The van der Waals surface area contributed by atoms with E-state index >= 15 is 0 Å². The molecule has 0 atom stereocenters. The fraction of sp³-hybridized carbons (Fsp3) is 0.367. The van der Waals surface area contributed by atoms with Crippen molar-refractivity contribution in [2.24, 2.45) is 0 Å². The normalized spacial score (nSPS) is 12.8. The van der Waals surface area contributed by atoms with Crippen LogP contribution in [0.25, 0.3) is 10.8 Å². The van der Waals surface area contributed by atoms with Gasteiger partial charge in [-0.25, -0.2) is 4.90 Å². The summed E-state index contributed by atoms with van der Waals surface area (Å²) in [5.41, 5.74) is 3.10. The van der Waals surface area contributed by atoms with Crippen LogP contribution >= 0.6 is 0 Å². The lowest BCUT2D eigenvalue weighted by molar-refractivity contribution is -0.116. The number of imide groups is 1. The number of carbonyl (C=O) groups is 3. The maximum atomic E-state index is 13.5. The third-order valence-electron chi connectivity index (χ3n) is 6.64. The lowest BCUT2D eigenvalue weighted by Gasteiger charge is -2.28. The summed E-state index contributed by atoms with van der Waals surface area (Å²) >= 11 is 0. The highest BCUT2D eigenvalue weighted by atomic mass is 16.2. The van der Waals surface area contributed by atoms with Crippen LogP contribution < -0.4 is 15.5 Å². The highest BCUT2D eigenvalue weighted by molar-refractivity contribution is 6.36. The fourth-order valence-electron chi connectivity index (χ4n) is 4.76. The van der Waals surface area contributed by atoms with Crippen LogP contribution in [-0.4, -0.2) is 24.3 Å². The van der Waals surface area contributed by atoms with Gasteiger partial charge in [-0.2, -0.15) is 0 Å². The minimum Gasteiger partial charge on any atom is -0.385 e. The van der Waals surface area contributed by atoms with Crippen molar-refractivity contribution in [1.82, 2.24) is 0 Å². The first-order valence-electron chi connectivity index (χ1n) is 13.1. The molecule has 0 aromatic heterocycles. The van der Waals surface area contributed by atoms with Gasteiger partial charge in [0.25, 0.3) is 11.8 Å². The second-order valence-electron chi connectivity index (χ2n) is 9.37. The molecule has 0 spiro atoms. The van der Waals surface area contributed by atoms with Crippen molar-refractivity contribution >= 4 is 45.6 Å². The van der Waals surface area contributed by atoms with Crippen molar-refractivity contribution in [3.63, 3.8) is 0 Å². The molecule has 0 bridgehead atoms. The lowest BCUT2D eigenvalue weighted by atomic mass is 9.92. The first-order chi connectivity index (χ1) is 17.5.